The highest BCUT2D eigenvalue weighted by molar-refractivity contribution is 5.68. The van der Waals surface area contributed by atoms with E-state index >= 15 is 0 Å². The van der Waals surface area contributed by atoms with Gasteiger partial charge < -0.3 is 19.9 Å². The van der Waals surface area contributed by atoms with Crippen molar-refractivity contribution in [3.8, 4) is 11.5 Å². The quantitative estimate of drug-likeness (QED) is 0.375. The van der Waals surface area contributed by atoms with Crippen LogP contribution in [-0.2, 0) is 16.8 Å². The zero-order valence-corrected chi connectivity index (χ0v) is 19.2. The Bertz CT molecular complexity index is 1080. The van der Waals surface area contributed by atoms with Crippen LogP contribution in [0.4, 0.5) is 5.69 Å². The molecule has 1 aliphatic rings. The first-order chi connectivity index (χ1) is 16.0. The highest BCUT2D eigenvalue weighted by Gasteiger charge is 2.42. The van der Waals surface area contributed by atoms with Crippen molar-refractivity contribution in [2.24, 2.45) is 0 Å². The lowest BCUT2D eigenvalue weighted by atomic mass is 9.80. The van der Waals surface area contributed by atoms with Crippen LogP contribution in [0.1, 0.15) is 49.3 Å². The molecule has 0 aromatic heterocycles. The molecule has 172 valence electrons. The van der Waals surface area contributed by atoms with Crippen molar-refractivity contribution in [3.05, 3.63) is 89.5 Å². The maximum Gasteiger partial charge on any atom is 0.303 e. The topological polar surface area (TPSA) is 67.8 Å². The largest absolute Gasteiger partial charge is 0.494 e. The molecule has 0 bridgehead atoms. The predicted molar refractivity (Wildman–Crippen MR) is 130 cm³/mol. The Morgan fingerprint density at radius 2 is 1.73 bits per heavy atom. The minimum Gasteiger partial charge on any atom is -0.494 e. The van der Waals surface area contributed by atoms with Gasteiger partial charge in [0.1, 0.15) is 11.5 Å². The normalized spacial score (nSPS) is 18.9. The molecule has 0 saturated heterocycles. The second-order valence-corrected chi connectivity index (χ2v) is 8.72. The molecule has 2 unspecified atom stereocenters. The molecule has 33 heavy (non-hydrogen) atoms. The van der Waals surface area contributed by atoms with Crippen LogP contribution in [0, 0.1) is 0 Å². The Morgan fingerprint density at radius 3 is 2.45 bits per heavy atom. The van der Waals surface area contributed by atoms with Crippen LogP contribution in [0.3, 0.4) is 0 Å². The standard InChI is InChI=1S/C28H31NO4/c1-20-27-24(10-6-11-25(27)33-19-17-21-8-4-3-5-9-21)29-28(20,2)22-13-15-23(16-14-22)32-18-7-12-26(30)31/h3-6,8-11,13-16,20,29H,7,12,17-19H2,1-2H3,(H,30,31). The van der Waals surface area contributed by atoms with E-state index in [1.165, 1.54) is 16.7 Å². The van der Waals surface area contributed by atoms with Crippen molar-refractivity contribution in [2.75, 3.05) is 18.5 Å². The average molecular weight is 446 g/mol. The van der Waals surface area contributed by atoms with Gasteiger partial charge in [0.2, 0.25) is 0 Å². The number of hydrogen-bond acceptors (Lipinski definition) is 4. The molecule has 5 nitrogen and oxygen atoms in total. The fraction of sp³-hybridized carbons (Fsp3) is 0.321. The zero-order valence-electron chi connectivity index (χ0n) is 19.2. The Kier molecular flexibility index (Phi) is 6.87. The summed E-state index contributed by atoms with van der Waals surface area (Å²) in [6.45, 7) is 5.48. The molecule has 4 rings (SSSR count). The van der Waals surface area contributed by atoms with Crippen LogP contribution in [-0.4, -0.2) is 24.3 Å². The molecular formula is C28H31NO4. The van der Waals surface area contributed by atoms with Crippen LogP contribution in [0.25, 0.3) is 0 Å². The highest BCUT2D eigenvalue weighted by atomic mass is 16.5. The number of carboxylic acid groups (broad SMARTS) is 1. The molecule has 5 heteroatoms. The van der Waals surface area contributed by atoms with Crippen LogP contribution in [0.5, 0.6) is 11.5 Å². The van der Waals surface area contributed by atoms with E-state index in [1.54, 1.807) is 0 Å². The maximum atomic E-state index is 10.6. The summed E-state index contributed by atoms with van der Waals surface area (Å²) in [4.78, 5) is 10.6. The van der Waals surface area contributed by atoms with Crippen molar-refractivity contribution < 1.29 is 19.4 Å². The van der Waals surface area contributed by atoms with Crippen LogP contribution >= 0.6 is 0 Å². The molecule has 2 atom stereocenters. The minimum atomic E-state index is -0.800. The van der Waals surface area contributed by atoms with E-state index < -0.39 is 5.97 Å². The van der Waals surface area contributed by atoms with Crippen LogP contribution < -0.4 is 14.8 Å². The summed E-state index contributed by atoms with van der Waals surface area (Å²) < 4.78 is 11.9. The first-order valence-corrected chi connectivity index (χ1v) is 11.5. The van der Waals surface area contributed by atoms with E-state index in [2.05, 4.69) is 67.7 Å². The highest BCUT2D eigenvalue weighted by Crippen LogP contribution is 2.51. The van der Waals surface area contributed by atoms with E-state index in [4.69, 9.17) is 14.6 Å². The lowest BCUT2D eigenvalue weighted by Gasteiger charge is -2.31. The Hall–Kier alpha value is -3.47. The van der Waals surface area contributed by atoms with Gasteiger partial charge in [-0.25, -0.2) is 0 Å². The predicted octanol–water partition coefficient (Wildman–Crippen LogP) is 6.00. The molecule has 0 fully saturated rings. The molecular weight excluding hydrogens is 414 g/mol. The Balaban J connectivity index is 1.43. The maximum absolute atomic E-state index is 10.6. The molecule has 0 saturated carbocycles. The van der Waals surface area contributed by atoms with Gasteiger partial charge in [0.05, 0.1) is 18.8 Å². The first-order valence-electron chi connectivity index (χ1n) is 11.5. The lowest BCUT2D eigenvalue weighted by Crippen LogP contribution is -2.31. The van der Waals surface area contributed by atoms with Gasteiger partial charge in [-0.2, -0.15) is 0 Å². The number of hydrogen-bond donors (Lipinski definition) is 2. The van der Waals surface area contributed by atoms with Crippen molar-refractivity contribution in [3.63, 3.8) is 0 Å². The van der Waals surface area contributed by atoms with Crippen molar-refractivity contribution in [2.45, 2.75) is 44.6 Å². The van der Waals surface area contributed by atoms with E-state index in [9.17, 15) is 4.79 Å². The summed E-state index contributed by atoms with van der Waals surface area (Å²) >= 11 is 0. The van der Waals surface area contributed by atoms with Crippen molar-refractivity contribution in [1.82, 2.24) is 0 Å². The summed E-state index contributed by atoms with van der Waals surface area (Å²) in [5.74, 6) is 1.10. The van der Waals surface area contributed by atoms with Gasteiger partial charge in [-0.15, -0.1) is 0 Å². The minimum absolute atomic E-state index is 0.117. The number of aliphatic carboxylic acids is 1. The summed E-state index contributed by atoms with van der Waals surface area (Å²) in [6, 6.07) is 24.7. The van der Waals surface area contributed by atoms with E-state index in [-0.39, 0.29) is 17.9 Å². The number of rotatable bonds is 10. The molecule has 2 N–H and O–H groups in total. The summed E-state index contributed by atoms with van der Waals surface area (Å²) in [6.07, 6.45) is 1.48. The molecule has 1 aliphatic heterocycles. The number of ether oxygens (including phenoxy) is 2. The van der Waals surface area contributed by atoms with Gasteiger partial charge in [-0.3, -0.25) is 4.79 Å². The van der Waals surface area contributed by atoms with Gasteiger partial charge in [0, 0.05) is 30.0 Å². The molecule has 3 aromatic rings. The number of carboxylic acids is 1. The Morgan fingerprint density at radius 1 is 0.970 bits per heavy atom. The van der Waals surface area contributed by atoms with Gasteiger partial charge >= 0.3 is 5.97 Å². The van der Waals surface area contributed by atoms with Crippen molar-refractivity contribution in [1.29, 1.82) is 0 Å². The fourth-order valence-electron chi connectivity index (χ4n) is 4.46. The van der Waals surface area contributed by atoms with E-state index in [1.807, 2.05) is 24.3 Å². The number of benzene rings is 3. The number of anilines is 1. The fourth-order valence-corrected chi connectivity index (χ4v) is 4.46. The third kappa shape index (κ3) is 5.14. The van der Waals surface area contributed by atoms with Gasteiger partial charge in [-0.1, -0.05) is 55.5 Å². The number of nitrogens with one attached hydrogen (secondary N) is 1. The SMILES string of the molecule is CC1c2c(cccc2OCCc2ccccc2)NC1(C)c1ccc(OCCCC(=O)O)cc1. The van der Waals surface area contributed by atoms with E-state index in [0.29, 0.717) is 19.6 Å². The van der Waals surface area contributed by atoms with Gasteiger partial charge in [-0.05, 0) is 48.7 Å². The van der Waals surface area contributed by atoms with Crippen LogP contribution in [0.15, 0.2) is 72.8 Å². The molecule has 0 spiro atoms. The first kappa shape index (κ1) is 22.7. The van der Waals surface area contributed by atoms with Gasteiger partial charge in [0.25, 0.3) is 0 Å². The van der Waals surface area contributed by atoms with Gasteiger partial charge in [0.15, 0.2) is 0 Å². The second-order valence-electron chi connectivity index (χ2n) is 8.72. The second kappa shape index (κ2) is 9.99. The molecule has 0 aliphatic carbocycles. The third-order valence-electron chi connectivity index (χ3n) is 6.51. The van der Waals surface area contributed by atoms with Crippen molar-refractivity contribution >= 4 is 11.7 Å². The number of fused-ring (bicyclic) bond motifs is 1. The van der Waals surface area contributed by atoms with Crippen LogP contribution in [0.2, 0.25) is 0 Å². The number of carbonyl (C=O) groups is 1. The molecule has 1 heterocycles. The third-order valence-corrected chi connectivity index (χ3v) is 6.51. The van der Waals surface area contributed by atoms with E-state index in [0.717, 1.165) is 23.6 Å². The smallest absolute Gasteiger partial charge is 0.303 e. The zero-order chi connectivity index (χ0) is 23.3. The Labute approximate surface area is 195 Å². The summed E-state index contributed by atoms with van der Waals surface area (Å²) in [5, 5.41) is 12.5. The summed E-state index contributed by atoms with van der Waals surface area (Å²) in [5.41, 5.74) is 4.48. The monoisotopic (exact) mass is 445 g/mol. The average Bonchev–Trinajstić information content (AvgIpc) is 3.09. The lowest BCUT2D eigenvalue weighted by molar-refractivity contribution is -0.137. The molecule has 0 amide bonds. The summed E-state index contributed by atoms with van der Waals surface area (Å²) in [7, 11) is 0. The molecule has 0 radical (unpaired) electrons. The molecule has 3 aromatic carbocycles.